The van der Waals surface area contributed by atoms with Crippen molar-refractivity contribution >= 4 is 25.3 Å². The molecule has 0 heterocycles. The Hall–Kier alpha value is -0.660. The molecule has 0 aliphatic heterocycles. The molecule has 0 N–H and O–H groups in total. The molecule has 4 heteroatoms. The van der Waals surface area contributed by atoms with Crippen molar-refractivity contribution in [2.75, 3.05) is 0 Å². The van der Waals surface area contributed by atoms with Crippen molar-refractivity contribution in [1.29, 1.82) is 0 Å². The number of hydrogen-bond acceptors (Lipinski definition) is 0. The Balaban J connectivity index is 0.00000131. The maximum atomic E-state index is 3.71. The van der Waals surface area contributed by atoms with Gasteiger partial charge in [0, 0.05) is 0 Å². The van der Waals surface area contributed by atoms with E-state index in [4.69, 9.17) is 0 Å². The predicted molar refractivity (Wildman–Crippen MR) is 111 cm³/mol. The summed E-state index contributed by atoms with van der Waals surface area (Å²) in [5.74, 6) is 0. The monoisotopic (exact) mass is 501 g/mol. The quantitative estimate of drug-likeness (QED) is 0.304. The van der Waals surface area contributed by atoms with Gasteiger partial charge >= 0.3 is 26.2 Å². The first-order valence-electron chi connectivity index (χ1n) is 9.12. The van der Waals surface area contributed by atoms with Crippen molar-refractivity contribution in [3.63, 3.8) is 0 Å². The number of fused-ring (bicyclic) bond motifs is 2. The number of hydrogen-bond donors (Lipinski definition) is 0. The standard InChI is InChI=1S/C24H25Si.2ClH.Zr/c1-16(2)20-12-13-22-21-9-7-6-8-17(21)15-23(22)24(20)18-10-11-19(14-18)25(3,4)5;;;/h6-9,11-14H,10H2,1-5H3;2*1H;/q-1;;;+3/p-2. The first kappa shape index (κ1) is 25.4. The summed E-state index contributed by atoms with van der Waals surface area (Å²) in [6, 6.07) is 13.2. The second kappa shape index (κ2) is 9.43. The molecule has 2 aliphatic carbocycles. The zero-order chi connectivity index (χ0) is 17.8. The van der Waals surface area contributed by atoms with Gasteiger partial charge in [0.15, 0.2) is 0 Å². The van der Waals surface area contributed by atoms with Gasteiger partial charge in [-0.3, -0.25) is 0 Å². The van der Waals surface area contributed by atoms with Gasteiger partial charge in [-0.25, -0.2) is 0 Å². The molecule has 0 unspecified atom stereocenters. The molecule has 143 valence electrons. The van der Waals surface area contributed by atoms with Crippen LogP contribution < -0.4 is 35.3 Å². The fourth-order valence-corrected chi connectivity index (χ4v) is 5.21. The molecular formula is C24H25Cl2SiZr. The predicted octanol–water partition coefficient (Wildman–Crippen LogP) is -1.22. The first-order chi connectivity index (χ1) is 11.9. The van der Waals surface area contributed by atoms with Crippen LogP contribution in [-0.4, -0.2) is 8.07 Å². The molecule has 0 fully saturated rings. The third-order valence-corrected chi connectivity index (χ3v) is 7.36. The van der Waals surface area contributed by atoms with Crippen LogP contribution in [0.2, 0.25) is 19.6 Å². The van der Waals surface area contributed by atoms with Gasteiger partial charge in [0.1, 0.15) is 0 Å². The van der Waals surface area contributed by atoms with Gasteiger partial charge < -0.3 is 24.8 Å². The summed E-state index contributed by atoms with van der Waals surface area (Å²) in [7, 11) is -1.28. The summed E-state index contributed by atoms with van der Waals surface area (Å²) in [5, 5.41) is 6.82. The summed E-state index contributed by atoms with van der Waals surface area (Å²) < 4.78 is 0. The van der Waals surface area contributed by atoms with Gasteiger partial charge in [-0.1, -0.05) is 89.2 Å². The number of allylic oxidation sites excluding steroid dienone is 4. The van der Waals surface area contributed by atoms with Crippen LogP contribution in [0.25, 0.3) is 17.2 Å². The molecule has 0 amide bonds. The first-order valence-corrected chi connectivity index (χ1v) is 12.6. The summed E-state index contributed by atoms with van der Waals surface area (Å²) in [6.45, 7) is 11.7. The van der Waals surface area contributed by atoms with Gasteiger partial charge in [0.2, 0.25) is 0 Å². The molecule has 0 atom stereocenters. The normalized spacial score (nSPS) is 13.6. The molecule has 0 aromatic heterocycles. The van der Waals surface area contributed by atoms with Gasteiger partial charge in [-0.15, -0.1) is 33.4 Å². The fourth-order valence-electron chi connectivity index (χ4n) is 3.89. The van der Waals surface area contributed by atoms with E-state index in [1.54, 1.807) is 5.20 Å². The van der Waals surface area contributed by atoms with Crippen LogP contribution in [0, 0.1) is 10.4 Å². The summed E-state index contributed by atoms with van der Waals surface area (Å²) in [4.78, 5) is 0. The van der Waals surface area contributed by atoms with Crippen LogP contribution >= 0.6 is 0 Å². The van der Waals surface area contributed by atoms with E-state index in [1.165, 1.54) is 43.1 Å². The smallest absolute Gasteiger partial charge is 1.00 e. The minimum Gasteiger partial charge on any atom is -1.00 e. The molecular weight excluding hydrogens is 478 g/mol. The van der Waals surface area contributed by atoms with E-state index >= 15 is 0 Å². The molecule has 0 spiro atoms. The van der Waals surface area contributed by atoms with E-state index in [1.807, 2.05) is 0 Å². The largest absolute Gasteiger partial charge is 3.00 e. The van der Waals surface area contributed by atoms with Crippen molar-refractivity contribution in [2.45, 2.75) is 39.9 Å². The molecule has 1 radical (unpaired) electrons. The molecule has 0 saturated carbocycles. The number of rotatable bonds is 2. The second-order valence-electron chi connectivity index (χ2n) is 8.36. The zero-order valence-corrected chi connectivity index (χ0v) is 22.1. The van der Waals surface area contributed by atoms with Crippen LogP contribution in [0.15, 0.2) is 53.7 Å². The van der Waals surface area contributed by atoms with E-state index in [9.17, 15) is 0 Å². The molecule has 4 rings (SSSR count). The average molecular weight is 504 g/mol. The maximum absolute atomic E-state index is 3.71. The molecule has 0 bridgehead atoms. The van der Waals surface area contributed by atoms with Gasteiger partial charge in [0.25, 0.3) is 0 Å². The van der Waals surface area contributed by atoms with E-state index in [0.29, 0.717) is 0 Å². The summed E-state index contributed by atoms with van der Waals surface area (Å²) >= 11 is 0. The molecule has 2 aromatic carbocycles. The summed E-state index contributed by atoms with van der Waals surface area (Å²) in [6.07, 6.45) is 9.68. The van der Waals surface area contributed by atoms with Crippen LogP contribution in [0.3, 0.4) is 0 Å². The van der Waals surface area contributed by atoms with Crippen LogP contribution in [-0.2, 0) is 26.2 Å². The zero-order valence-electron chi connectivity index (χ0n) is 17.1. The molecule has 0 nitrogen and oxygen atoms in total. The van der Waals surface area contributed by atoms with Crippen molar-refractivity contribution in [2.24, 2.45) is 0 Å². The Morgan fingerprint density at radius 1 is 0.929 bits per heavy atom. The maximum Gasteiger partial charge on any atom is 3.00 e. The Morgan fingerprint density at radius 3 is 2.21 bits per heavy atom. The molecule has 0 saturated heterocycles. The van der Waals surface area contributed by atoms with E-state index in [2.05, 4.69) is 88.1 Å². The van der Waals surface area contributed by atoms with Crippen LogP contribution in [0.4, 0.5) is 0 Å². The van der Waals surface area contributed by atoms with Crippen LogP contribution in [0.1, 0.15) is 31.4 Å². The Kier molecular flexibility index (Phi) is 8.55. The third kappa shape index (κ3) is 4.41. The van der Waals surface area contributed by atoms with Crippen LogP contribution in [0.5, 0.6) is 0 Å². The van der Waals surface area contributed by atoms with E-state index in [-0.39, 0.29) is 51.0 Å². The van der Waals surface area contributed by atoms with Crippen molar-refractivity contribution in [3.05, 3.63) is 85.7 Å². The van der Waals surface area contributed by atoms with Gasteiger partial charge in [0.05, 0.1) is 8.07 Å². The Morgan fingerprint density at radius 2 is 1.61 bits per heavy atom. The molecule has 2 aromatic rings. The minimum absolute atomic E-state index is 0. The minimum atomic E-state index is -1.28. The Labute approximate surface area is 200 Å². The van der Waals surface area contributed by atoms with E-state index < -0.39 is 8.07 Å². The van der Waals surface area contributed by atoms with Gasteiger partial charge in [-0.2, -0.15) is 0 Å². The van der Waals surface area contributed by atoms with Crippen molar-refractivity contribution in [3.8, 4) is 0 Å². The number of halogens is 2. The van der Waals surface area contributed by atoms with E-state index in [0.717, 1.165) is 6.42 Å². The third-order valence-electron chi connectivity index (χ3n) is 5.28. The molecule has 28 heavy (non-hydrogen) atoms. The summed E-state index contributed by atoms with van der Waals surface area (Å²) in [5.41, 5.74) is 5.53. The fraction of sp³-hybridized carbons (Fsp3) is 0.250. The van der Waals surface area contributed by atoms with Crippen molar-refractivity contribution in [1.82, 2.24) is 0 Å². The second-order valence-corrected chi connectivity index (χ2v) is 13.4. The number of benzene rings is 2. The van der Waals surface area contributed by atoms with Gasteiger partial charge in [-0.05, 0) is 20.3 Å². The topological polar surface area (TPSA) is 0 Å². The van der Waals surface area contributed by atoms with Crippen molar-refractivity contribution < 1.29 is 51.0 Å². The Bertz CT molecular complexity index is 1160. The average Bonchev–Trinajstić information content (AvgIpc) is 3.18. The molecule has 2 aliphatic rings. The SMILES string of the molecule is CC(C)=c1ccc2c(c1C1=CC([Si](C)(C)C)=CC1)[C-]=c1ccccc1=2.[Cl-].[Cl-].[Zr+3].